The fourth-order valence-electron chi connectivity index (χ4n) is 2.96. The van der Waals surface area contributed by atoms with E-state index in [1.807, 2.05) is 0 Å². The molecule has 96 valence electrons. The second-order valence-corrected chi connectivity index (χ2v) is 5.46. The Morgan fingerprint density at radius 2 is 2.00 bits per heavy atom. The Balaban J connectivity index is 2.51. The molecule has 0 saturated carbocycles. The Hall–Kier alpha value is -0.0800. The summed E-state index contributed by atoms with van der Waals surface area (Å²) in [6, 6.07) is 1.53. The second kappa shape index (κ2) is 7.29. The van der Waals surface area contributed by atoms with Crippen LogP contribution in [0.1, 0.15) is 53.4 Å². The van der Waals surface area contributed by atoms with Gasteiger partial charge in [-0.15, -0.1) is 0 Å². The lowest BCUT2D eigenvalue weighted by molar-refractivity contribution is 0.131. The third-order valence-electron chi connectivity index (χ3n) is 3.97. The van der Waals surface area contributed by atoms with Crippen LogP contribution >= 0.6 is 0 Å². The average Bonchev–Trinajstić information content (AvgIpc) is 2.22. The SMILES string of the molecule is CCC1CCN(C(CC)C(C)C)CCCN1. The van der Waals surface area contributed by atoms with Crippen LogP contribution < -0.4 is 5.32 Å². The van der Waals surface area contributed by atoms with Gasteiger partial charge in [0.2, 0.25) is 0 Å². The minimum Gasteiger partial charge on any atom is -0.314 e. The molecule has 1 aliphatic heterocycles. The van der Waals surface area contributed by atoms with E-state index < -0.39 is 0 Å². The molecule has 0 bridgehead atoms. The summed E-state index contributed by atoms with van der Waals surface area (Å²) >= 11 is 0. The van der Waals surface area contributed by atoms with Gasteiger partial charge >= 0.3 is 0 Å². The van der Waals surface area contributed by atoms with E-state index in [-0.39, 0.29) is 0 Å². The monoisotopic (exact) mass is 226 g/mol. The molecule has 0 aromatic carbocycles. The van der Waals surface area contributed by atoms with Gasteiger partial charge in [-0.05, 0) is 51.2 Å². The molecule has 2 atom stereocenters. The lowest BCUT2D eigenvalue weighted by Crippen LogP contribution is -2.45. The molecule has 1 aliphatic rings. The van der Waals surface area contributed by atoms with E-state index in [0.717, 1.165) is 18.0 Å². The van der Waals surface area contributed by atoms with Gasteiger partial charge in [0.25, 0.3) is 0 Å². The smallest absolute Gasteiger partial charge is 0.0116 e. The zero-order chi connectivity index (χ0) is 12.0. The molecular formula is C14H30N2. The van der Waals surface area contributed by atoms with Gasteiger partial charge in [-0.2, -0.15) is 0 Å². The first-order valence-electron chi connectivity index (χ1n) is 7.16. The third-order valence-corrected chi connectivity index (χ3v) is 3.97. The van der Waals surface area contributed by atoms with E-state index in [2.05, 4.69) is 37.9 Å². The van der Waals surface area contributed by atoms with Gasteiger partial charge in [-0.1, -0.05) is 27.7 Å². The standard InChI is InChI=1S/C14H30N2/c1-5-13-8-11-16(10-7-9-15-13)14(6-2)12(3)4/h12-15H,5-11H2,1-4H3. The van der Waals surface area contributed by atoms with Crippen molar-refractivity contribution in [2.24, 2.45) is 5.92 Å². The van der Waals surface area contributed by atoms with Gasteiger partial charge in [0.1, 0.15) is 0 Å². The Kier molecular flexibility index (Phi) is 6.37. The van der Waals surface area contributed by atoms with Crippen molar-refractivity contribution in [1.29, 1.82) is 0 Å². The van der Waals surface area contributed by atoms with Crippen LogP contribution in [0.25, 0.3) is 0 Å². The van der Waals surface area contributed by atoms with E-state index >= 15 is 0 Å². The van der Waals surface area contributed by atoms with Crippen LogP contribution in [0.4, 0.5) is 0 Å². The van der Waals surface area contributed by atoms with E-state index in [9.17, 15) is 0 Å². The molecule has 1 N–H and O–H groups in total. The molecular weight excluding hydrogens is 196 g/mol. The van der Waals surface area contributed by atoms with Crippen LogP contribution in [0.3, 0.4) is 0 Å². The molecule has 0 aromatic heterocycles. The first-order chi connectivity index (χ1) is 7.69. The summed E-state index contributed by atoms with van der Waals surface area (Å²) in [4.78, 5) is 2.73. The number of rotatable bonds is 4. The van der Waals surface area contributed by atoms with Crippen LogP contribution in [0.15, 0.2) is 0 Å². The normalized spacial score (nSPS) is 26.4. The molecule has 1 heterocycles. The summed E-state index contributed by atoms with van der Waals surface area (Å²) < 4.78 is 0. The predicted octanol–water partition coefficient (Wildman–Crippen LogP) is 2.89. The van der Waals surface area contributed by atoms with Gasteiger partial charge in [-0.3, -0.25) is 0 Å². The summed E-state index contributed by atoms with van der Waals surface area (Å²) in [6.45, 7) is 13.1. The number of hydrogen-bond acceptors (Lipinski definition) is 2. The second-order valence-electron chi connectivity index (χ2n) is 5.46. The van der Waals surface area contributed by atoms with Gasteiger partial charge in [0.15, 0.2) is 0 Å². The predicted molar refractivity (Wildman–Crippen MR) is 71.8 cm³/mol. The van der Waals surface area contributed by atoms with E-state index in [1.54, 1.807) is 0 Å². The summed E-state index contributed by atoms with van der Waals surface area (Å²) in [5.41, 5.74) is 0. The number of nitrogens with one attached hydrogen (secondary N) is 1. The maximum Gasteiger partial charge on any atom is 0.0116 e. The molecule has 2 heteroatoms. The van der Waals surface area contributed by atoms with Crippen molar-refractivity contribution in [1.82, 2.24) is 10.2 Å². The van der Waals surface area contributed by atoms with E-state index in [4.69, 9.17) is 0 Å². The molecule has 0 spiro atoms. The molecule has 0 aromatic rings. The Bertz CT molecular complexity index is 180. The zero-order valence-electron chi connectivity index (χ0n) is 11.6. The third kappa shape index (κ3) is 4.06. The first kappa shape index (κ1) is 14.0. The highest BCUT2D eigenvalue weighted by atomic mass is 15.2. The fraction of sp³-hybridized carbons (Fsp3) is 1.00. The zero-order valence-corrected chi connectivity index (χ0v) is 11.6. The molecule has 16 heavy (non-hydrogen) atoms. The highest BCUT2D eigenvalue weighted by Crippen LogP contribution is 2.17. The van der Waals surface area contributed by atoms with Gasteiger partial charge in [0.05, 0.1) is 0 Å². The summed E-state index contributed by atoms with van der Waals surface area (Å²) in [5.74, 6) is 0.789. The summed E-state index contributed by atoms with van der Waals surface area (Å²) in [7, 11) is 0. The van der Waals surface area contributed by atoms with Crippen LogP contribution in [0, 0.1) is 5.92 Å². The van der Waals surface area contributed by atoms with Crippen molar-refractivity contribution < 1.29 is 0 Å². The molecule has 1 rings (SSSR count). The molecule has 2 nitrogen and oxygen atoms in total. The molecule has 0 aliphatic carbocycles. The molecule has 2 unspecified atom stereocenters. The first-order valence-corrected chi connectivity index (χ1v) is 7.16. The largest absolute Gasteiger partial charge is 0.314 e. The van der Waals surface area contributed by atoms with Crippen LogP contribution in [-0.4, -0.2) is 36.6 Å². The van der Waals surface area contributed by atoms with Crippen molar-refractivity contribution in [3.63, 3.8) is 0 Å². The highest BCUT2D eigenvalue weighted by Gasteiger charge is 2.21. The Morgan fingerprint density at radius 1 is 1.25 bits per heavy atom. The number of hydrogen-bond donors (Lipinski definition) is 1. The lowest BCUT2D eigenvalue weighted by Gasteiger charge is -2.36. The van der Waals surface area contributed by atoms with E-state index in [1.165, 1.54) is 45.3 Å². The topological polar surface area (TPSA) is 15.3 Å². The minimum atomic E-state index is 0.743. The van der Waals surface area contributed by atoms with Crippen molar-refractivity contribution in [3.8, 4) is 0 Å². The Morgan fingerprint density at radius 3 is 2.56 bits per heavy atom. The van der Waals surface area contributed by atoms with Crippen LogP contribution in [0.2, 0.25) is 0 Å². The van der Waals surface area contributed by atoms with Gasteiger partial charge in [0, 0.05) is 12.1 Å². The lowest BCUT2D eigenvalue weighted by atomic mass is 9.98. The van der Waals surface area contributed by atoms with Gasteiger partial charge in [-0.25, -0.2) is 0 Å². The molecule has 0 amide bonds. The molecule has 1 saturated heterocycles. The quantitative estimate of drug-likeness (QED) is 0.793. The Labute approximate surface area is 102 Å². The maximum atomic E-state index is 3.65. The average molecular weight is 226 g/mol. The van der Waals surface area contributed by atoms with Crippen molar-refractivity contribution in [2.45, 2.75) is 65.5 Å². The number of nitrogens with zero attached hydrogens (tertiary/aromatic N) is 1. The van der Waals surface area contributed by atoms with Crippen LogP contribution in [0.5, 0.6) is 0 Å². The summed E-state index contributed by atoms with van der Waals surface area (Å²) in [6.07, 6.45) is 5.19. The van der Waals surface area contributed by atoms with E-state index in [0.29, 0.717) is 0 Å². The van der Waals surface area contributed by atoms with Crippen molar-refractivity contribution in [2.75, 3.05) is 19.6 Å². The summed E-state index contributed by atoms with van der Waals surface area (Å²) in [5, 5.41) is 3.65. The molecule has 1 fully saturated rings. The van der Waals surface area contributed by atoms with Gasteiger partial charge < -0.3 is 10.2 Å². The highest BCUT2D eigenvalue weighted by molar-refractivity contribution is 4.78. The van der Waals surface area contributed by atoms with Crippen molar-refractivity contribution >= 4 is 0 Å². The minimum absolute atomic E-state index is 0.743. The maximum absolute atomic E-state index is 3.65. The molecule has 0 radical (unpaired) electrons. The van der Waals surface area contributed by atoms with Crippen molar-refractivity contribution in [3.05, 3.63) is 0 Å². The fourth-order valence-corrected chi connectivity index (χ4v) is 2.96. The van der Waals surface area contributed by atoms with Crippen LogP contribution in [-0.2, 0) is 0 Å².